The van der Waals surface area contributed by atoms with Crippen molar-refractivity contribution in [3.63, 3.8) is 0 Å². The first kappa shape index (κ1) is 11.5. The molecule has 0 aliphatic heterocycles. The molecule has 0 aliphatic rings. The number of hydrogen-bond acceptors (Lipinski definition) is 2. The maximum Gasteiger partial charge on any atom is 0.214 e. The molecule has 2 aromatic rings. The van der Waals surface area contributed by atoms with Crippen molar-refractivity contribution in [3.8, 4) is 0 Å². The maximum atomic E-state index is 13.6. The molecule has 4 heteroatoms. The third-order valence-corrected chi connectivity index (χ3v) is 2.44. The first-order valence-corrected chi connectivity index (χ1v) is 5.37. The van der Waals surface area contributed by atoms with Crippen LogP contribution in [0.4, 0.5) is 20.3 Å². The van der Waals surface area contributed by atoms with E-state index in [-0.39, 0.29) is 5.82 Å². The van der Waals surface area contributed by atoms with Gasteiger partial charge in [0.2, 0.25) is 5.95 Å². The summed E-state index contributed by atoms with van der Waals surface area (Å²) >= 11 is 0. The SMILES string of the molecule is CCN(c1cccc(F)n1)c1ccccc1F. The smallest absolute Gasteiger partial charge is 0.214 e. The number of anilines is 2. The van der Waals surface area contributed by atoms with Gasteiger partial charge in [-0.2, -0.15) is 4.39 Å². The molecule has 0 N–H and O–H groups in total. The number of hydrogen-bond donors (Lipinski definition) is 0. The third-order valence-electron chi connectivity index (χ3n) is 2.44. The average molecular weight is 234 g/mol. The summed E-state index contributed by atoms with van der Waals surface area (Å²) in [6.07, 6.45) is 0. The standard InChI is InChI=1S/C13H12F2N2/c1-2-17(11-7-4-3-6-10(11)14)13-9-5-8-12(15)16-13/h3-9H,2H2,1H3. The van der Waals surface area contributed by atoms with E-state index in [0.29, 0.717) is 18.1 Å². The van der Waals surface area contributed by atoms with E-state index in [2.05, 4.69) is 4.98 Å². The van der Waals surface area contributed by atoms with E-state index >= 15 is 0 Å². The summed E-state index contributed by atoms with van der Waals surface area (Å²) in [5, 5.41) is 0. The van der Waals surface area contributed by atoms with Crippen molar-refractivity contribution in [3.05, 3.63) is 54.2 Å². The van der Waals surface area contributed by atoms with Gasteiger partial charge in [0.15, 0.2) is 0 Å². The van der Waals surface area contributed by atoms with Crippen LogP contribution in [0.5, 0.6) is 0 Å². The lowest BCUT2D eigenvalue weighted by atomic mass is 10.2. The van der Waals surface area contributed by atoms with Crippen molar-refractivity contribution < 1.29 is 8.78 Å². The van der Waals surface area contributed by atoms with Crippen molar-refractivity contribution in [1.29, 1.82) is 0 Å². The largest absolute Gasteiger partial charge is 0.324 e. The zero-order valence-electron chi connectivity index (χ0n) is 9.40. The van der Waals surface area contributed by atoms with Gasteiger partial charge < -0.3 is 4.90 Å². The Morgan fingerprint density at radius 2 is 1.82 bits per heavy atom. The zero-order valence-corrected chi connectivity index (χ0v) is 9.40. The second kappa shape index (κ2) is 4.91. The lowest BCUT2D eigenvalue weighted by Gasteiger charge is -2.22. The number of nitrogens with zero attached hydrogens (tertiary/aromatic N) is 2. The molecular formula is C13H12F2N2. The lowest BCUT2D eigenvalue weighted by Crippen LogP contribution is -2.18. The topological polar surface area (TPSA) is 16.1 Å². The highest BCUT2D eigenvalue weighted by Gasteiger charge is 2.12. The van der Waals surface area contributed by atoms with E-state index in [1.165, 1.54) is 12.1 Å². The number of para-hydroxylation sites is 1. The van der Waals surface area contributed by atoms with Crippen molar-refractivity contribution in [1.82, 2.24) is 4.98 Å². The molecule has 0 saturated carbocycles. The monoisotopic (exact) mass is 234 g/mol. The Morgan fingerprint density at radius 3 is 2.47 bits per heavy atom. The quantitative estimate of drug-likeness (QED) is 0.755. The van der Waals surface area contributed by atoms with Gasteiger partial charge >= 0.3 is 0 Å². The molecule has 1 heterocycles. The molecule has 2 nitrogen and oxygen atoms in total. The van der Waals surface area contributed by atoms with Gasteiger partial charge in [-0.15, -0.1) is 0 Å². The Morgan fingerprint density at radius 1 is 1.06 bits per heavy atom. The van der Waals surface area contributed by atoms with Gasteiger partial charge in [-0.05, 0) is 31.2 Å². The molecule has 1 aromatic carbocycles. The molecule has 0 bridgehead atoms. The Bertz CT molecular complexity index is 514. The molecule has 0 fully saturated rings. The minimum atomic E-state index is -0.572. The van der Waals surface area contributed by atoms with Crippen LogP contribution in [0, 0.1) is 11.8 Å². The summed E-state index contributed by atoms with van der Waals surface area (Å²) in [5.74, 6) is -0.518. The minimum Gasteiger partial charge on any atom is -0.324 e. The third kappa shape index (κ3) is 2.41. The second-order valence-electron chi connectivity index (χ2n) is 3.51. The molecule has 0 atom stereocenters. The maximum absolute atomic E-state index is 13.6. The van der Waals surface area contributed by atoms with Crippen LogP contribution in [0.1, 0.15) is 6.92 Å². The summed E-state index contributed by atoms with van der Waals surface area (Å²) in [6.45, 7) is 2.37. The van der Waals surface area contributed by atoms with Crippen LogP contribution in [-0.4, -0.2) is 11.5 Å². The van der Waals surface area contributed by atoms with Gasteiger partial charge in [0.25, 0.3) is 0 Å². The highest BCUT2D eigenvalue weighted by Crippen LogP contribution is 2.25. The number of rotatable bonds is 3. The fraction of sp³-hybridized carbons (Fsp3) is 0.154. The van der Waals surface area contributed by atoms with Crippen LogP contribution in [0.2, 0.25) is 0 Å². The van der Waals surface area contributed by atoms with Crippen molar-refractivity contribution in [2.75, 3.05) is 11.4 Å². The van der Waals surface area contributed by atoms with Crippen LogP contribution >= 0.6 is 0 Å². The molecule has 1 aromatic heterocycles. The Balaban J connectivity index is 2.44. The van der Waals surface area contributed by atoms with Crippen LogP contribution in [0.15, 0.2) is 42.5 Å². The molecule has 88 valence electrons. The molecule has 0 amide bonds. The summed E-state index contributed by atoms with van der Waals surface area (Å²) < 4.78 is 26.7. The molecule has 0 unspecified atom stereocenters. The van der Waals surface area contributed by atoms with Gasteiger partial charge in [0, 0.05) is 6.54 Å². The van der Waals surface area contributed by atoms with Gasteiger partial charge in [-0.25, -0.2) is 9.37 Å². The van der Waals surface area contributed by atoms with Crippen molar-refractivity contribution in [2.24, 2.45) is 0 Å². The zero-order chi connectivity index (χ0) is 12.3. The normalized spacial score (nSPS) is 10.3. The molecule has 2 rings (SSSR count). The fourth-order valence-electron chi connectivity index (χ4n) is 1.67. The van der Waals surface area contributed by atoms with E-state index in [9.17, 15) is 8.78 Å². The minimum absolute atomic E-state index is 0.347. The van der Waals surface area contributed by atoms with E-state index in [0.717, 1.165) is 0 Å². The summed E-state index contributed by atoms with van der Waals surface area (Å²) in [5.41, 5.74) is 0.396. The van der Waals surface area contributed by atoms with E-state index in [1.54, 1.807) is 35.2 Å². The molecular weight excluding hydrogens is 222 g/mol. The van der Waals surface area contributed by atoms with Gasteiger partial charge in [-0.1, -0.05) is 18.2 Å². The highest BCUT2D eigenvalue weighted by atomic mass is 19.1. The first-order chi connectivity index (χ1) is 8.22. The number of pyridine rings is 1. The predicted molar refractivity (Wildman–Crippen MR) is 63.3 cm³/mol. The molecule has 0 radical (unpaired) electrons. The van der Waals surface area contributed by atoms with Crippen LogP contribution in [0.3, 0.4) is 0 Å². The summed E-state index contributed by atoms with van der Waals surface area (Å²) in [6, 6.07) is 10.8. The fourth-order valence-corrected chi connectivity index (χ4v) is 1.67. The number of aromatic nitrogens is 1. The number of halogens is 2. The number of benzene rings is 1. The van der Waals surface area contributed by atoms with Crippen molar-refractivity contribution in [2.45, 2.75) is 6.92 Å². The van der Waals surface area contributed by atoms with Crippen LogP contribution < -0.4 is 4.90 Å². The Labute approximate surface area is 98.5 Å². The van der Waals surface area contributed by atoms with E-state index in [1.807, 2.05) is 6.92 Å². The first-order valence-electron chi connectivity index (χ1n) is 5.37. The second-order valence-corrected chi connectivity index (χ2v) is 3.51. The van der Waals surface area contributed by atoms with E-state index in [4.69, 9.17) is 0 Å². The van der Waals surface area contributed by atoms with Crippen LogP contribution in [0.25, 0.3) is 0 Å². The molecule has 0 spiro atoms. The predicted octanol–water partition coefficient (Wildman–Crippen LogP) is 3.52. The van der Waals surface area contributed by atoms with Gasteiger partial charge in [0.1, 0.15) is 11.6 Å². The molecule has 17 heavy (non-hydrogen) atoms. The van der Waals surface area contributed by atoms with E-state index < -0.39 is 5.95 Å². The average Bonchev–Trinajstić information content (AvgIpc) is 2.33. The van der Waals surface area contributed by atoms with Gasteiger partial charge in [0.05, 0.1) is 5.69 Å². The highest BCUT2D eigenvalue weighted by molar-refractivity contribution is 5.60. The summed E-state index contributed by atoms with van der Waals surface area (Å²) in [7, 11) is 0. The Kier molecular flexibility index (Phi) is 3.32. The Hall–Kier alpha value is -1.97. The van der Waals surface area contributed by atoms with Crippen LogP contribution in [-0.2, 0) is 0 Å². The summed E-state index contributed by atoms with van der Waals surface area (Å²) in [4.78, 5) is 5.38. The van der Waals surface area contributed by atoms with Crippen molar-refractivity contribution >= 4 is 11.5 Å². The molecule has 0 aliphatic carbocycles. The molecule has 0 saturated heterocycles. The van der Waals surface area contributed by atoms with Gasteiger partial charge in [-0.3, -0.25) is 0 Å². The lowest BCUT2D eigenvalue weighted by molar-refractivity contribution is 0.582.